The third-order valence-electron chi connectivity index (χ3n) is 5.44. The minimum Gasteiger partial charge on any atom is -0.0654 e. The van der Waals surface area contributed by atoms with Crippen molar-refractivity contribution in [1.82, 2.24) is 0 Å². The summed E-state index contributed by atoms with van der Waals surface area (Å²) in [5.41, 5.74) is 2.12. The Labute approximate surface area is 126 Å². The van der Waals surface area contributed by atoms with Gasteiger partial charge in [0.15, 0.2) is 0 Å². The van der Waals surface area contributed by atoms with Crippen LogP contribution in [0.5, 0.6) is 0 Å². The van der Waals surface area contributed by atoms with Crippen LogP contribution in [0.3, 0.4) is 0 Å². The fourth-order valence-electron chi connectivity index (χ4n) is 4.30. The Kier molecular flexibility index (Phi) is 6.13. The standard InChI is InChI=1S/C20H32/c1-3-5-12-18-15-10-11-17-20(18,16-6-4-2)19-13-8-7-9-14-19/h7-9,13-14,18H,3-6,10-12,15-17H2,1-2H3. The van der Waals surface area contributed by atoms with E-state index in [1.54, 1.807) is 5.56 Å². The second kappa shape index (κ2) is 7.86. The van der Waals surface area contributed by atoms with E-state index in [-0.39, 0.29) is 0 Å². The first-order valence-electron chi connectivity index (χ1n) is 8.89. The average molecular weight is 272 g/mol. The van der Waals surface area contributed by atoms with Crippen molar-refractivity contribution in [1.29, 1.82) is 0 Å². The monoisotopic (exact) mass is 272 g/mol. The van der Waals surface area contributed by atoms with Crippen molar-refractivity contribution in [2.45, 2.75) is 83.5 Å². The smallest absolute Gasteiger partial charge is 0.00188 e. The maximum Gasteiger partial charge on any atom is -0.00188 e. The number of unbranched alkanes of at least 4 members (excludes halogenated alkanes) is 2. The Morgan fingerprint density at radius 2 is 1.75 bits per heavy atom. The van der Waals surface area contributed by atoms with E-state index < -0.39 is 0 Å². The maximum absolute atomic E-state index is 2.40. The van der Waals surface area contributed by atoms with Gasteiger partial charge in [0.25, 0.3) is 0 Å². The Morgan fingerprint density at radius 1 is 1.00 bits per heavy atom. The summed E-state index contributed by atoms with van der Waals surface area (Å²) in [6.45, 7) is 4.67. The Morgan fingerprint density at radius 3 is 2.45 bits per heavy atom. The summed E-state index contributed by atoms with van der Waals surface area (Å²) in [5, 5.41) is 0. The quantitative estimate of drug-likeness (QED) is 0.532. The van der Waals surface area contributed by atoms with Crippen LogP contribution in [0.4, 0.5) is 0 Å². The molecule has 2 atom stereocenters. The summed E-state index contributed by atoms with van der Waals surface area (Å²) in [4.78, 5) is 0. The van der Waals surface area contributed by atoms with E-state index in [2.05, 4.69) is 44.2 Å². The highest BCUT2D eigenvalue weighted by Gasteiger charge is 2.40. The van der Waals surface area contributed by atoms with Crippen LogP contribution in [0, 0.1) is 5.92 Å². The van der Waals surface area contributed by atoms with E-state index in [9.17, 15) is 0 Å². The average Bonchev–Trinajstić information content (AvgIpc) is 2.52. The molecule has 0 amide bonds. The van der Waals surface area contributed by atoms with Crippen LogP contribution in [-0.2, 0) is 5.41 Å². The molecule has 1 fully saturated rings. The molecule has 1 aromatic rings. The summed E-state index contributed by atoms with van der Waals surface area (Å²) in [5.74, 6) is 0.921. The molecule has 0 radical (unpaired) electrons. The largest absolute Gasteiger partial charge is 0.0654 e. The van der Waals surface area contributed by atoms with Crippen molar-refractivity contribution in [2.75, 3.05) is 0 Å². The number of rotatable bonds is 7. The molecular formula is C20H32. The van der Waals surface area contributed by atoms with Crippen molar-refractivity contribution in [2.24, 2.45) is 5.92 Å². The van der Waals surface area contributed by atoms with Gasteiger partial charge >= 0.3 is 0 Å². The molecule has 1 saturated carbocycles. The summed E-state index contributed by atoms with van der Waals surface area (Å²) in [6.07, 6.45) is 14.1. The third-order valence-corrected chi connectivity index (χ3v) is 5.44. The third kappa shape index (κ3) is 3.45. The molecule has 2 unspecified atom stereocenters. The summed E-state index contributed by atoms with van der Waals surface area (Å²) < 4.78 is 0. The summed E-state index contributed by atoms with van der Waals surface area (Å²) in [6, 6.07) is 11.5. The number of hydrogen-bond donors (Lipinski definition) is 0. The first-order chi connectivity index (χ1) is 9.83. The van der Waals surface area contributed by atoms with Gasteiger partial charge in [-0.05, 0) is 42.6 Å². The van der Waals surface area contributed by atoms with E-state index in [4.69, 9.17) is 0 Å². The molecule has 0 nitrogen and oxygen atoms in total. The highest BCUT2D eigenvalue weighted by atomic mass is 14.4. The molecule has 2 rings (SSSR count). The SMILES string of the molecule is CCCCC1CCCCC1(CCCC)c1ccccc1. The lowest BCUT2D eigenvalue weighted by Gasteiger charge is -2.45. The van der Waals surface area contributed by atoms with Gasteiger partial charge in [0.2, 0.25) is 0 Å². The fraction of sp³-hybridized carbons (Fsp3) is 0.700. The predicted molar refractivity (Wildman–Crippen MR) is 89.1 cm³/mol. The Balaban J connectivity index is 2.27. The molecule has 0 saturated heterocycles. The fourth-order valence-corrected chi connectivity index (χ4v) is 4.30. The van der Waals surface area contributed by atoms with Gasteiger partial charge in [0.05, 0.1) is 0 Å². The molecule has 1 aromatic carbocycles. The van der Waals surface area contributed by atoms with Gasteiger partial charge in [-0.3, -0.25) is 0 Å². The van der Waals surface area contributed by atoms with Gasteiger partial charge < -0.3 is 0 Å². The van der Waals surface area contributed by atoms with E-state index in [1.165, 1.54) is 64.2 Å². The lowest BCUT2D eigenvalue weighted by Crippen LogP contribution is -2.38. The predicted octanol–water partition coefficient (Wildman–Crippen LogP) is 6.50. The molecule has 20 heavy (non-hydrogen) atoms. The second-order valence-electron chi connectivity index (χ2n) is 6.71. The minimum atomic E-state index is 0.491. The zero-order valence-corrected chi connectivity index (χ0v) is 13.5. The van der Waals surface area contributed by atoms with E-state index in [0.29, 0.717) is 5.41 Å². The van der Waals surface area contributed by atoms with Crippen LogP contribution < -0.4 is 0 Å². The van der Waals surface area contributed by atoms with Gasteiger partial charge in [-0.25, -0.2) is 0 Å². The molecular weight excluding hydrogens is 240 g/mol. The van der Waals surface area contributed by atoms with Crippen LogP contribution in [0.15, 0.2) is 30.3 Å². The number of benzene rings is 1. The molecule has 0 heterocycles. The minimum absolute atomic E-state index is 0.491. The lowest BCUT2D eigenvalue weighted by molar-refractivity contribution is 0.154. The maximum atomic E-state index is 2.40. The zero-order chi connectivity index (χ0) is 14.3. The van der Waals surface area contributed by atoms with Crippen molar-refractivity contribution < 1.29 is 0 Å². The van der Waals surface area contributed by atoms with E-state index >= 15 is 0 Å². The Bertz CT molecular complexity index is 367. The molecule has 0 aliphatic heterocycles. The van der Waals surface area contributed by atoms with Crippen LogP contribution in [0.2, 0.25) is 0 Å². The molecule has 0 N–H and O–H groups in total. The summed E-state index contributed by atoms with van der Waals surface area (Å²) in [7, 11) is 0. The molecule has 0 spiro atoms. The zero-order valence-electron chi connectivity index (χ0n) is 13.5. The topological polar surface area (TPSA) is 0 Å². The van der Waals surface area contributed by atoms with Gasteiger partial charge in [-0.1, -0.05) is 82.7 Å². The van der Waals surface area contributed by atoms with Crippen LogP contribution in [0.25, 0.3) is 0 Å². The molecule has 0 heteroatoms. The summed E-state index contributed by atoms with van der Waals surface area (Å²) >= 11 is 0. The van der Waals surface area contributed by atoms with Crippen LogP contribution >= 0.6 is 0 Å². The van der Waals surface area contributed by atoms with Crippen molar-refractivity contribution in [3.63, 3.8) is 0 Å². The van der Waals surface area contributed by atoms with Crippen molar-refractivity contribution >= 4 is 0 Å². The highest BCUT2D eigenvalue weighted by molar-refractivity contribution is 5.27. The first kappa shape index (κ1) is 15.6. The normalized spacial score (nSPS) is 26.6. The number of hydrogen-bond acceptors (Lipinski definition) is 0. The molecule has 0 aromatic heterocycles. The van der Waals surface area contributed by atoms with Gasteiger partial charge in [0, 0.05) is 0 Å². The first-order valence-corrected chi connectivity index (χ1v) is 8.89. The second-order valence-corrected chi connectivity index (χ2v) is 6.71. The molecule has 112 valence electrons. The van der Waals surface area contributed by atoms with Gasteiger partial charge in [-0.15, -0.1) is 0 Å². The Hall–Kier alpha value is -0.780. The van der Waals surface area contributed by atoms with Crippen LogP contribution in [-0.4, -0.2) is 0 Å². The molecule has 0 bridgehead atoms. The van der Waals surface area contributed by atoms with Gasteiger partial charge in [0.1, 0.15) is 0 Å². The molecule has 1 aliphatic rings. The highest BCUT2D eigenvalue weighted by Crippen LogP contribution is 2.49. The van der Waals surface area contributed by atoms with Crippen molar-refractivity contribution in [3.8, 4) is 0 Å². The van der Waals surface area contributed by atoms with E-state index in [0.717, 1.165) is 5.92 Å². The van der Waals surface area contributed by atoms with E-state index in [1.807, 2.05) is 0 Å². The molecule has 1 aliphatic carbocycles. The lowest BCUT2D eigenvalue weighted by atomic mass is 9.59. The van der Waals surface area contributed by atoms with Gasteiger partial charge in [-0.2, -0.15) is 0 Å². The van der Waals surface area contributed by atoms with Crippen molar-refractivity contribution in [3.05, 3.63) is 35.9 Å². The van der Waals surface area contributed by atoms with Crippen LogP contribution in [0.1, 0.15) is 83.6 Å².